The van der Waals surface area contributed by atoms with Crippen molar-refractivity contribution in [1.29, 1.82) is 0 Å². The van der Waals surface area contributed by atoms with E-state index in [-0.39, 0.29) is 11.5 Å². The molecule has 0 saturated carbocycles. The summed E-state index contributed by atoms with van der Waals surface area (Å²) in [7, 11) is 0. The van der Waals surface area contributed by atoms with Gasteiger partial charge in [-0.3, -0.25) is 0 Å². The van der Waals surface area contributed by atoms with E-state index < -0.39 is 47.1 Å². The van der Waals surface area contributed by atoms with Crippen LogP contribution in [-0.2, 0) is 12.4 Å². The van der Waals surface area contributed by atoms with Gasteiger partial charge in [0.15, 0.2) is 12.2 Å². The zero-order chi connectivity index (χ0) is 27.5. The van der Waals surface area contributed by atoms with Gasteiger partial charge in [-0.2, -0.15) is 26.3 Å². The van der Waals surface area contributed by atoms with Gasteiger partial charge in [-0.1, -0.05) is 60.7 Å². The Balaban J connectivity index is 1.81. The lowest BCUT2D eigenvalue weighted by Gasteiger charge is -2.30. The van der Waals surface area contributed by atoms with E-state index in [1.807, 2.05) is 0 Å². The lowest BCUT2D eigenvalue weighted by atomic mass is 9.97. The molecule has 10 heteroatoms. The van der Waals surface area contributed by atoms with Crippen molar-refractivity contribution in [1.82, 2.24) is 0 Å². The molecule has 4 rings (SSSR count). The van der Waals surface area contributed by atoms with E-state index in [9.17, 15) is 26.3 Å². The average molecular weight is 532 g/mol. The van der Waals surface area contributed by atoms with Crippen molar-refractivity contribution in [3.8, 4) is 11.5 Å². The molecule has 198 valence electrons. The van der Waals surface area contributed by atoms with E-state index in [0.29, 0.717) is 11.1 Å². The van der Waals surface area contributed by atoms with Gasteiger partial charge in [0.05, 0.1) is 11.1 Å². The summed E-state index contributed by atoms with van der Waals surface area (Å²) >= 11 is 0. The van der Waals surface area contributed by atoms with E-state index >= 15 is 0 Å². The van der Waals surface area contributed by atoms with Crippen LogP contribution in [0.5, 0.6) is 11.5 Å². The first kappa shape index (κ1) is 26.7. The molecule has 0 aliphatic rings. The van der Waals surface area contributed by atoms with Crippen LogP contribution in [0.1, 0.15) is 34.5 Å². The number of halogens is 6. The van der Waals surface area contributed by atoms with Crippen LogP contribution in [-0.4, -0.2) is 0 Å². The fraction of sp³-hybridized carbons (Fsp3) is 0.143. The zero-order valence-corrected chi connectivity index (χ0v) is 19.6. The Labute approximate surface area is 214 Å². The minimum absolute atomic E-state index is 0.154. The van der Waals surface area contributed by atoms with Crippen molar-refractivity contribution in [3.63, 3.8) is 0 Å². The predicted molar refractivity (Wildman–Crippen MR) is 131 cm³/mol. The first-order valence-electron chi connectivity index (χ1n) is 11.3. The monoisotopic (exact) mass is 532 g/mol. The molecule has 0 aromatic heterocycles. The fourth-order valence-corrected chi connectivity index (χ4v) is 3.90. The largest absolute Gasteiger partial charge is 0.481 e. The van der Waals surface area contributed by atoms with Crippen LogP contribution in [0.4, 0.5) is 37.7 Å². The summed E-state index contributed by atoms with van der Waals surface area (Å²) < 4.78 is 93.2. The summed E-state index contributed by atoms with van der Waals surface area (Å²) in [5, 5.41) is 0. The zero-order valence-electron chi connectivity index (χ0n) is 19.6. The van der Waals surface area contributed by atoms with Crippen molar-refractivity contribution in [3.05, 3.63) is 119 Å². The number of hydrogen-bond acceptors (Lipinski definition) is 4. The van der Waals surface area contributed by atoms with Gasteiger partial charge >= 0.3 is 12.4 Å². The summed E-state index contributed by atoms with van der Waals surface area (Å²) in [5.74, 6) is -0.309. The highest BCUT2D eigenvalue weighted by Crippen LogP contribution is 2.42. The molecule has 0 amide bonds. The first-order chi connectivity index (χ1) is 17.9. The van der Waals surface area contributed by atoms with Crippen molar-refractivity contribution >= 4 is 11.4 Å². The Morgan fingerprint density at radius 3 is 1.16 bits per heavy atom. The Morgan fingerprint density at radius 1 is 0.500 bits per heavy atom. The second-order valence-corrected chi connectivity index (χ2v) is 8.39. The van der Waals surface area contributed by atoms with E-state index in [1.54, 1.807) is 60.7 Å². The molecule has 0 fully saturated rings. The van der Waals surface area contributed by atoms with Crippen molar-refractivity contribution < 1.29 is 35.8 Å². The normalized spacial score (nSPS) is 13.5. The molecule has 0 aliphatic carbocycles. The highest BCUT2D eigenvalue weighted by atomic mass is 19.4. The molecule has 2 unspecified atom stereocenters. The van der Waals surface area contributed by atoms with E-state index in [0.717, 1.165) is 24.3 Å². The third-order valence-corrected chi connectivity index (χ3v) is 5.72. The number of benzene rings is 4. The molecule has 38 heavy (non-hydrogen) atoms. The van der Waals surface area contributed by atoms with Gasteiger partial charge in [0.25, 0.3) is 0 Å². The molecule has 0 heterocycles. The molecule has 2 atom stereocenters. The van der Waals surface area contributed by atoms with Crippen LogP contribution in [0.3, 0.4) is 0 Å². The van der Waals surface area contributed by atoms with Gasteiger partial charge in [-0.25, -0.2) is 0 Å². The molecular weight excluding hydrogens is 510 g/mol. The van der Waals surface area contributed by atoms with Crippen LogP contribution in [0.15, 0.2) is 97.1 Å². The lowest BCUT2D eigenvalue weighted by molar-refractivity contribution is -0.138. The summed E-state index contributed by atoms with van der Waals surface area (Å²) in [6.07, 6.45) is -11.6. The molecule has 0 aliphatic heterocycles. The number of rotatable bonds is 7. The fourth-order valence-electron chi connectivity index (χ4n) is 3.90. The minimum atomic E-state index is -4.72. The van der Waals surface area contributed by atoms with Gasteiger partial charge in [0.2, 0.25) is 0 Å². The highest BCUT2D eigenvalue weighted by molar-refractivity contribution is 5.53. The molecular formula is C28H22F6N2O2. The second kappa shape index (κ2) is 10.6. The lowest BCUT2D eigenvalue weighted by Crippen LogP contribution is -2.23. The van der Waals surface area contributed by atoms with Crippen LogP contribution in [0, 0.1) is 0 Å². The van der Waals surface area contributed by atoms with Gasteiger partial charge in [0.1, 0.15) is 11.5 Å². The molecule has 0 bridgehead atoms. The van der Waals surface area contributed by atoms with Crippen LogP contribution >= 0.6 is 0 Å². The molecule has 4 N–H and O–H groups in total. The van der Waals surface area contributed by atoms with E-state index in [1.165, 1.54) is 12.1 Å². The SMILES string of the molecule is Nc1ccc(OC(c2ccccc2)C(Oc2ccc(N)c(C(F)(F)F)c2)c2ccccc2)cc1C(F)(F)F. The van der Waals surface area contributed by atoms with Crippen LogP contribution < -0.4 is 20.9 Å². The van der Waals surface area contributed by atoms with Crippen LogP contribution in [0.25, 0.3) is 0 Å². The molecule has 4 aromatic carbocycles. The number of ether oxygens (including phenoxy) is 2. The second-order valence-electron chi connectivity index (χ2n) is 8.39. The van der Waals surface area contributed by atoms with E-state index in [4.69, 9.17) is 20.9 Å². The molecule has 0 saturated heterocycles. The summed E-state index contributed by atoms with van der Waals surface area (Å²) in [6.45, 7) is 0. The standard InChI is InChI=1S/C28H22F6N2O2/c29-27(30,31)21-15-19(11-13-23(21)35)37-25(17-7-3-1-4-8-17)26(18-9-5-2-6-10-18)38-20-12-14-24(36)22(16-20)28(32,33)34/h1-16,25-26H,35-36H2. The van der Waals surface area contributed by atoms with Gasteiger partial charge in [-0.05, 0) is 47.5 Å². The maximum atomic E-state index is 13.5. The van der Waals surface area contributed by atoms with Gasteiger partial charge in [0, 0.05) is 11.4 Å². The summed E-state index contributed by atoms with van der Waals surface area (Å²) in [4.78, 5) is 0. The third-order valence-electron chi connectivity index (χ3n) is 5.72. The van der Waals surface area contributed by atoms with Crippen LogP contribution in [0.2, 0.25) is 0 Å². The highest BCUT2D eigenvalue weighted by Gasteiger charge is 2.36. The van der Waals surface area contributed by atoms with E-state index in [2.05, 4.69) is 0 Å². The maximum Gasteiger partial charge on any atom is 0.418 e. The number of hydrogen-bond donors (Lipinski definition) is 2. The number of nitrogens with two attached hydrogens (primary N) is 2. The van der Waals surface area contributed by atoms with Crippen molar-refractivity contribution in [2.24, 2.45) is 0 Å². The summed E-state index contributed by atoms with van der Waals surface area (Å²) in [6, 6.07) is 23.2. The Morgan fingerprint density at radius 2 is 0.842 bits per heavy atom. The number of nitrogen functional groups attached to an aromatic ring is 2. The van der Waals surface area contributed by atoms with Crippen molar-refractivity contribution in [2.45, 2.75) is 24.6 Å². The summed E-state index contributed by atoms with van der Waals surface area (Å²) in [5.41, 5.74) is 8.98. The Bertz CT molecular complexity index is 1270. The minimum Gasteiger partial charge on any atom is -0.481 e. The molecule has 0 radical (unpaired) electrons. The average Bonchev–Trinajstić information content (AvgIpc) is 2.87. The molecule has 4 nitrogen and oxygen atoms in total. The predicted octanol–water partition coefficient (Wildman–Crippen LogP) is 7.83. The Hall–Kier alpha value is -4.34. The maximum absolute atomic E-state index is 13.5. The quantitative estimate of drug-likeness (QED) is 0.188. The third kappa shape index (κ3) is 6.13. The number of anilines is 2. The smallest absolute Gasteiger partial charge is 0.418 e. The number of alkyl halides is 6. The first-order valence-corrected chi connectivity index (χ1v) is 11.3. The molecule has 0 spiro atoms. The molecule has 4 aromatic rings. The topological polar surface area (TPSA) is 70.5 Å². The van der Waals surface area contributed by atoms with Gasteiger partial charge in [-0.15, -0.1) is 0 Å². The van der Waals surface area contributed by atoms with Crippen molar-refractivity contribution in [2.75, 3.05) is 11.5 Å². The van der Waals surface area contributed by atoms with Gasteiger partial charge < -0.3 is 20.9 Å². The Kier molecular flexibility index (Phi) is 7.43.